The number of hydrogen-bond donors (Lipinski definition) is 2. The third-order valence-electron chi connectivity index (χ3n) is 10.00. The number of hydrogen-bond acceptors (Lipinski definition) is 15. The second-order valence-corrected chi connectivity index (χ2v) is 15.8. The number of aryl methyl sites for hydroxylation is 1. The van der Waals surface area contributed by atoms with Gasteiger partial charge < -0.3 is 35.3 Å². The van der Waals surface area contributed by atoms with E-state index in [4.69, 9.17) is 0 Å². The molecule has 0 saturated carbocycles. The van der Waals surface area contributed by atoms with E-state index >= 15 is 0 Å². The number of rotatable bonds is 10. The van der Waals surface area contributed by atoms with E-state index in [9.17, 15) is 40.0 Å². The molecule has 0 fully saturated rings. The second-order valence-electron chi connectivity index (χ2n) is 13.9. The topological polar surface area (TPSA) is 245 Å². The number of nitro groups is 2. The van der Waals surface area contributed by atoms with Crippen LogP contribution < -0.4 is 24.5 Å². The van der Waals surface area contributed by atoms with Crippen molar-refractivity contribution in [1.29, 1.82) is 0 Å². The number of aliphatic hydroxyl groups excluding tert-OH is 2. The molecule has 0 bridgehead atoms. The number of carbonyl (C=O) groups is 2. The smallest absolute Gasteiger partial charge is 0.319 e. The van der Waals surface area contributed by atoms with E-state index in [1.165, 1.54) is 58.1 Å². The first kappa shape index (κ1) is 49.7. The van der Waals surface area contributed by atoms with Crippen molar-refractivity contribution < 1.29 is 51.0 Å². The Morgan fingerprint density at radius 1 is 0.797 bits per heavy atom. The summed E-state index contributed by atoms with van der Waals surface area (Å²) in [6.45, 7) is 13.4. The molecular formula is C43H43CoN10O8S2-. The summed E-state index contributed by atoms with van der Waals surface area (Å²) in [6, 6.07) is 15.6. The molecule has 4 aromatic rings. The number of anilines is 1. The van der Waals surface area contributed by atoms with Crippen molar-refractivity contribution in [2.75, 3.05) is 25.0 Å². The zero-order valence-corrected chi connectivity index (χ0v) is 38.1. The molecule has 3 aliphatic rings. The Bertz CT molecular complexity index is 2720. The van der Waals surface area contributed by atoms with Gasteiger partial charge in [0, 0.05) is 87.4 Å². The number of allylic oxidation sites excluding steroid dienone is 7. The van der Waals surface area contributed by atoms with Gasteiger partial charge in [0.2, 0.25) is 5.69 Å². The number of aliphatic hydroxyl groups is 2. The number of carbonyl (C=O) groups excluding carboxylic acids is 2. The zero-order valence-electron chi connectivity index (χ0n) is 35.4. The molecule has 1 radical (unpaired) electrons. The van der Waals surface area contributed by atoms with Gasteiger partial charge in [-0.3, -0.25) is 40.0 Å². The Morgan fingerprint density at radius 2 is 1.31 bits per heavy atom. The molecule has 0 saturated heterocycles. The Labute approximate surface area is 385 Å². The van der Waals surface area contributed by atoms with E-state index in [1.807, 2.05) is 0 Å². The van der Waals surface area contributed by atoms with Gasteiger partial charge in [0.25, 0.3) is 0 Å². The van der Waals surface area contributed by atoms with Crippen molar-refractivity contribution in [3.8, 4) is 0 Å². The molecule has 1 aliphatic heterocycles. The first-order chi connectivity index (χ1) is 30.1. The number of nitrogens with zero attached hydrogens (tertiary/aromatic N) is 10. The second kappa shape index (κ2) is 22.4. The van der Waals surface area contributed by atoms with Gasteiger partial charge in [-0.05, 0) is 87.8 Å². The summed E-state index contributed by atoms with van der Waals surface area (Å²) >= 11 is 1.51. The number of benzene rings is 2. The molecule has 64 heavy (non-hydrogen) atoms. The van der Waals surface area contributed by atoms with Gasteiger partial charge in [0.15, 0.2) is 17.3 Å². The molecule has 21 heteroatoms. The van der Waals surface area contributed by atoms with E-state index in [0.717, 1.165) is 66.7 Å². The average Bonchev–Trinajstić information content (AvgIpc) is 4.00. The summed E-state index contributed by atoms with van der Waals surface area (Å²) in [7, 11) is 2.19. The van der Waals surface area contributed by atoms with Crippen LogP contribution in [0, 0.1) is 27.2 Å². The van der Waals surface area contributed by atoms with Crippen molar-refractivity contribution in [2.24, 2.45) is 20.4 Å². The number of fused-ring (bicyclic) bond motifs is 1. The molecule has 335 valence electrons. The molecule has 7 rings (SSSR count). The molecule has 3 heterocycles. The SMILES string of the molecule is CCN(CC)c1ccc(/C=C/C2=[N+](C)c3ccccc3C2(C)CC)c(C)c1.O=C1C=CC(=NN=c2[n-]cc([N+](=O)[O-])s2)C(O)=C1.O=C1C=CC(=NN=c2[n-]cc([N+](=O)[O-])s2)C(O)=C1.[Co]. The van der Waals surface area contributed by atoms with Gasteiger partial charge in [0.05, 0.1) is 15.3 Å². The van der Waals surface area contributed by atoms with E-state index in [0.29, 0.717) is 0 Å². The van der Waals surface area contributed by atoms with Gasteiger partial charge in [-0.1, -0.05) is 53.9 Å². The van der Waals surface area contributed by atoms with Crippen molar-refractivity contribution >= 4 is 78.8 Å². The molecule has 1 atom stereocenters. The van der Waals surface area contributed by atoms with Crippen LogP contribution in [0.25, 0.3) is 6.08 Å². The summed E-state index contributed by atoms with van der Waals surface area (Å²) in [5, 5.41) is 53.9. The van der Waals surface area contributed by atoms with Crippen LogP contribution in [0.15, 0.2) is 129 Å². The molecule has 0 amide bonds. The van der Waals surface area contributed by atoms with Crippen LogP contribution in [0.3, 0.4) is 0 Å². The molecule has 2 N–H and O–H groups in total. The predicted molar refractivity (Wildman–Crippen MR) is 243 cm³/mol. The minimum Gasteiger partial charge on any atom is -0.506 e. The molecule has 1 unspecified atom stereocenters. The number of para-hydroxylation sites is 1. The maximum atomic E-state index is 10.9. The number of thiazole rings is 2. The zero-order chi connectivity index (χ0) is 45.8. The normalized spacial score (nSPS) is 18.3. The van der Waals surface area contributed by atoms with Crippen LogP contribution in [0.1, 0.15) is 50.8 Å². The monoisotopic (exact) mass is 950 g/mol. The largest absolute Gasteiger partial charge is 0.506 e. The van der Waals surface area contributed by atoms with Crippen molar-refractivity contribution in [1.82, 2.24) is 9.97 Å². The van der Waals surface area contributed by atoms with Crippen molar-refractivity contribution in [3.05, 3.63) is 155 Å². The molecule has 2 aromatic heterocycles. The van der Waals surface area contributed by atoms with Gasteiger partial charge in [-0.25, -0.2) is 0 Å². The summed E-state index contributed by atoms with van der Waals surface area (Å²) in [4.78, 5) is 51.3. The van der Waals surface area contributed by atoms with E-state index < -0.39 is 9.85 Å². The van der Waals surface area contributed by atoms with Crippen LogP contribution in [-0.2, 0) is 31.8 Å². The quantitative estimate of drug-likeness (QED) is 0.0720. The summed E-state index contributed by atoms with van der Waals surface area (Å²) in [5.41, 5.74) is 8.31. The fourth-order valence-corrected chi connectivity index (χ4v) is 7.59. The van der Waals surface area contributed by atoms with Crippen molar-refractivity contribution in [2.45, 2.75) is 46.5 Å². The van der Waals surface area contributed by atoms with Gasteiger partial charge in [-0.2, -0.15) is 4.58 Å². The van der Waals surface area contributed by atoms with Crippen LogP contribution in [0.2, 0.25) is 0 Å². The Kier molecular flexibility index (Phi) is 17.4. The van der Waals surface area contributed by atoms with Crippen LogP contribution in [-0.4, -0.2) is 73.5 Å². The maximum absolute atomic E-state index is 10.9. The number of ketones is 2. The Morgan fingerprint density at radius 3 is 1.75 bits per heavy atom. The fraction of sp³-hybridized carbons (Fsp3) is 0.233. The van der Waals surface area contributed by atoms with E-state index in [-0.39, 0.29) is 76.3 Å². The summed E-state index contributed by atoms with van der Waals surface area (Å²) < 4.78 is 2.36. The fourth-order valence-electron chi connectivity index (χ4n) is 6.48. The van der Waals surface area contributed by atoms with Crippen LogP contribution in [0.5, 0.6) is 0 Å². The first-order valence-electron chi connectivity index (χ1n) is 19.4. The third kappa shape index (κ3) is 12.2. The van der Waals surface area contributed by atoms with Gasteiger partial charge in [-0.15, -0.1) is 0 Å². The average molecular weight is 951 g/mol. The predicted octanol–water partition coefficient (Wildman–Crippen LogP) is 6.85. The Balaban J connectivity index is 0.000000216. The van der Waals surface area contributed by atoms with Gasteiger partial charge in [0.1, 0.15) is 30.0 Å². The van der Waals surface area contributed by atoms with E-state index in [2.05, 4.69) is 136 Å². The van der Waals surface area contributed by atoms with Crippen LogP contribution in [0.4, 0.5) is 21.4 Å². The molecule has 2 aliphatic carbocycles. The number of aromatic nitrogens is 2. The standard InChI is InChI=1S/C25H33N2.2C9H6N4O4S.Co/c1-7-25(5)22-12-10-11-13-23(22)26(6)24(25)17-15-20-14-16-21(18-19(20)4)27(8-2)9-3;2*14-5-1-2-6(7(15)3-5)11-12-9-10-4-8(18-9)13(16)17;/h10-18H,7-9H2,1-6H3;2*1-4H,(H2,10,12,14,15);/q+1;;;/p-2. The van der Waals surface area contributed by atoms with E-state index in [1.54, 1.807) is 0 Å². The molecule has 0 spiro atoms. The minimum atomic E-state index is -0.583. The molecule has 2 aromatic carbocycles. The van der Waals surface area contributed by atoms with Gasteiger partial charge >= 0.3 is 10.0 Å². The molecule has 18 nitrogen and oxygen atoms in total. The Hall–Kier alpha value is -6.94. The third-order valence-corrected chi connectivity index (χ3v) is 11.7. The van der Waals surface area contributed by atoms with Crippen molar-refractivity contribution in [3.63, 3.8) is 0 Å². The molecular weight excluding hydrogens is 908 g/mol. The minimum absolute atomic E-state index is 0. The first-order valence-corrected chi connectivity index (χ1v) is 21.0. The maximum Gasteiger partial charge on any atom is 0.319 e. The summed E-state index contributed by atoms with van der Waals surface area (Å²) in [5.74, 6) is -1.32. The summed E-state index contributed by atoms with van der Waals surface area (Å²) in [6.07, 6.45) is 14.9. The van der Waals surface area contributed by atoms with Crippen LogP contribution >= 0.6 is 22.7 Å².